The van der Waals surface area contributed by atoms with Crippen molar-refractivity contribution in [2.45, 2.75) is 43.8 Å². The van der Waals surface area contributed by atoms with Gasteiger partial charge in [-0.05, 0) is 58.9 Å². The van der Waals surface area contributed by atoms with Crippen LogP contribution in [0.2, 0.25) is 0 Å². The van der Waals surface area contributed by atoms with Crippen molar-refractivity contribution in [3.8, 4) is 0 Å². The highest BCUT2D eigenvalue weighted by Crippen LogP contribution is 2.28. The smallest absolute Gasteiger partial charge is 0.272 e. The van der Waals surface area contributed by atoms with Crippen LogP contribution in [-0.4, -0.2) is 71.2 Å². The van der Waals surface area contributed by atoms with E-state index >= 15 is 0 Å². The molecule has 2 saturated heterocycles. The van der Waals surface area contributed by atoms with Gasteiger partial charge in [-0.1, -0.05) is 18.2 Å². The molecular formula is C19H27N5O. The number of hydrogen-bond donors (Lipinski definition) is 2. The Morgan fingerprint density at radius 1 is 1.16 bits per heavy atom. The van der Waals surface area contributed by atoms with E-state index in [1.54, 1.807) is 0 Å². The minimum Gasteiger partial charge on any atom is -0.348 e. The molecule has 3 heterocycles. The van der Waals surface area contributed by atoms with E-state index in [1.165, 1.54) is 12.8 Å². The molecule has 4 rings (SSSR count). The third-order valence-electron chi connectivity index (χ3n) is 5.97. The number of H-pyrrole nitrogens is 1. The molecule has 2 unspecified atom stereocenters. The van der Waals surface area contributed by atoms with E-state index in [4.69, 9.17) is 0 Å². The monoisotopic (exact) mass is 341 g/mol. The quantitative estimate of drug-likeness (QED) is 0.875. The summed E-state index contributed by atoms with van der Waals surface area (Å²) >= 11 is 0. The zero-order chi connectivity index (χ0) is 17.4. The topological polar surface area (TPSA) is 64.3 Å². The zero-order valence-corrected chi connectivity index (χ0v) is 15.0. The molecule has 2 fully saturated rings. The van der Waals surface area contributed by atoms with Crippen molar-refractivity contribution in [1.29, 1.82) is 0 Å². The average molecular weight is 341 g/mol. The van der Waals surface area contributed by atoms with E-state index in [1.807, 2.05) is 24.3 Å². The second kappa shape index (κ2) is 6.77. The standard InChI is InChI=1S/C19H27N5O/c1-23-9-7-14-11-13(12-15(8-10-23)24(14)2)20-19(25)18-16-5-3-4-6-17(16)21-22-18/h3-6,13-15H,7-12H2,1-2H3,(H,20,25)(H,21,22). The molecular weight excluding hydrogens is 314 g/mol. The van der Waals surface area contributed by atoms with Gasteiger partial charge < -0.3 is 15.1 Å². The predicted octanol–water partition coefficient (Wildman–Crippen LogP) is 1.85. The van der Waals surface area contributed by atoms with Crippen LogP contribution in [0.4, 0.5) is 0 Å². The lowest BCUT2D eigenvalue weighted by atomic mass is 9.87. The van der Waals surface area contributed by atoms with Crippen molar-refractivity contribution in [3.05, 3.63) is 30.0 Å². The number of nitrogens with zero attached hydrogens (tertiary/aromatic N) is 3. The van der Waals surface area contributed by atoms with Crippen LogP contribution < -0.4 is 5.32 Å². The molecule has 1 amide bonds. The summed E-state index contributed by atoms with van der Waals surface area (Å²) in [6, 6.07) is 9.11. The van der Waals surface area contributed by atoms with Crippen LogP contribution in [0, 0.1) is 0 Å². The maximum atomic E-state index is 12.8. The Morgan fingerprint density at radius 3 is 2.56 bits per heavy atom. The number of piperidine rings is 1. The highest BCUT2D eigenvalue weighted by atomic mass is 16.2. The fourth-order valence-corrected chi connectivity index (χ4v) is 4.39. The summed E-state index contributed by atoms with van der Waals surface area (Å²) < 4.78 is 0. The second-order valence-corrected chi connectivity index (χ2v) is 7.61. The predicted molar refractivity (Wildman–Crippen MR) is 98.7 cm³/mol. The van der Waals surface area contributed by atoms with E-state index < -0.39 is 0 Å². The maximum absolute atomic E-state index is 12.8. The third-order valence-corrected chi connectivity index (χ3v) is 5.97. The van der Waals surface area contributed by atoms with Crippen molar-refractivity contribution < 1.29 is 4.79 Å². The Morgan fingerprint density at radius 2 is 1.84 bits per heavy atom. The maximum Gasteiger partial charge on any atom is 0.272 e. The lowest BCUT2D eigenvalue weighted by molar-refractivity contribution is 0.0502. The number of nitrogens with one attached hydrogen (secondary N) is 2. The van der Waals surface area contributed by atoms with E-state index in [9.17, 15) is 4.79 Å². The van der Waals surface area contributed by atoms with Gasteiger partial charge in [0.2, 0.25) is 0 Å². The van der Waals surface area contributed by atoms with Gasteiger partial charge in [0.25, 0.3) is 5.91 Å². The molecule has 2 N–H and O–H groups in total. The Kier molecular flexibility index (Phi) is 4.48. The Bertz CT molecular complexity index is 739. The van der Waals surface area contributed by atoms with E-state index in [2.05, 4.69) is 39.4 Å². The molecule has 1 aromatic carbocycles. The highest BCUT2D eigenvalue weighted by molar-refractivity contribution is 6.04. The summed E-state index contributed by atoms with van der Waals surface area (Å²) in [7, 11) is 4.46. The summed E-state index contributed by atoms with van der Waals surface area (Å²) in [5.41, 5.74) is 1.42. The average Bonchev–Trinajstić information content (AvgIpc) is 3.04. The molecule has 6 heteroatoms. The number of rotatable bonds is 2. The van der Waals surface area contributed by atoms with Crippen LogP contribution >= 0.6 is 0 Å². The first-order valence-electron chi connectivity index (χ1n) is 9.26. The third kappa shape index (κ3) is 3.28. The molecule has 0 aliphatic carbocycles. The van der Waals surface area contributed by atoms with Crippen LogP contribution in [0.5, 0.6) is 0 Å². The number of carbonyl (C=O) groups excluding carboxylic acids is 1. The molecule has 134 valence electrons. The number of fused-ring (bicyclic) bond motifs is 3. The lowest BCUT2D eigenvalue weighted by Gasteiger charge is -2.46. The molecule has 2 atom stereocenters. The minimum atomic E-state index is -0.0568. The number of aromatic nitrogens is 2. The van der Waals surface area contributed by atoms with Crippen molar-refractivity contribution in [3.63, 3.8) is 0 Å². The SMILES string of the molecule is CN1CCC2CC(NC(=O)c3n[nH]c4ccccc34)CC(CC1)N2C. The number of amides is 1. The summed E-state index contributed by atoms with van der Waals surface area (Å²) in [5, 5.41) is 11.3. The molecule has 2 aliphatic heterocycles. The summed E-state index contributed by atoms with van der Waals surface area (Å²) in [5.74, 6) is -0.0568. The molecule has 1 aromatic heterocycles. The molecule has 2 aromatic rings. The fraction of sp³-hybridized carbons (Fsp3) is 0.579. The number of benzene rings is 1. The van der Waals surface area contributed by atoms with Gasteiger partial charge in [-0.25, -0.2) is 0 Å². The molecule has 6 nitrogen and oxygen atoms in total. The van der Waals surface area contributed by atoms with Gasteiger partial charge in [-0.2, -0.15) is 5.10 Å². The Hall–Kier alpha value is -1.92. The number of hydrogen-bond acceptors (Lipinski definition) is 4. The minimum absolute atomic E-state index is 0.0568. The van der Waals surface area contributed by atoms with Crippen LogP contribution in [0.25, 0.3) is 10.9 Å². The molecule has 0 spiro atoms. The normalized spacial score (nSPS) is 28.5. The first kappa shape index (κ1) is 16.5. The number of aromatic amines is 1. The Balaban J connectivity index is 1.48. The van der Waals surface area contributed by atoms with Crippen molar-refractivity contribution in [2.75, 3.05) is 27.2 Å². The second-order valence-electron chi connectivity index (χ2n) is 7.61. The summed E-state index contributed by atoms with van der Waals surface area (Å²) in [6.07, 6.45) is 4.38. The molecule has 0 saturated carbocycles. The molecule has 25 heavy (non-hydrogen) atoms. The first-order valence-corrected chi connectivity index (χ1v) is 9.26. The van der Waals surface area contributed by atoms with Crippen LogP contribution in [0.3, 0.4) is 0 Å². The van der Waals surface area contributed by atoms with Gasteiger partial charge in [0.05, 0.1) is 5.52 Å². The fourth-order valence-electron chi connectivity index (χ4n) is 4.39. The van der Waals surface area contributed by atoms with Gasteiger partial charge in [0, 0.05) is 23.5 Å². The van der Waals surface area contributed by atoms with Gasteiger partial charge >= 0.3 is 0 Å². The molecule has 0 radical (unpaired) electrons. The van der Waals surface area contributed by atoms with E-state index in [0.717, 1.165) is 36.8 Å². The van der Waals surface area contributed by atoms with Crippen molar-refractivity contribution in [2.24, 2.45) is 0 Å². The van der Waals surface area contributed by atoms with Crippen molar-refractivity contribution in [1.82, 2.24) is 25.3 Å². The van der Waals surface area contributed by atoms with Gasteiger partial charge in [-0.3, -0.25) is 9.89 Å². The van der Waals surface area contributed by atoms with Gasteiger partial charge in [0.1, 0.15) is 0 Å². The van der Waals surface area contributed by atoms with Crippen LogP contribution in [-0.2, 0) is 0 Å². The summed E-state index contributed by atoms with van der Waals surface area (Å²) in [4.78, 5) is 17.8. The largest absolute Gasteiger partial charge is 0.348 e. The van der Waals surface area contributed by atoms with E-state index in [-0.39, 0.29) is 11.9 Å². The Labute approximate surface area is 148 Å². The number of carbonyl (C=O) groups is 1. The van der Waals surface area contributed by atoms with Crippen LogP contribution in [0.1, 0.15) is 36.2 Å². The zero-order valence-electron chi connectivity index (χ0n) is 15.0. The highest BCUT2D eigenvalue weighted by Gasteiger charge is 2.35. The van der Waals surface area contributed by atoms with Crippen LogP contribution in [0.15, 0.2) is 24.3 Å². The first-order chi connectivity index (χ1) is 12.1. The lowest BCUT2D eigenvalue weighted by Crippen LogP contribution is -2.55. The molecule has 2 aliphatic rings. The van der Waals surface area contributed by atoms with E-state index in [0.29, 0.717) is 17.8 Å². The number of para-hydroxylation sites is 1. The van der Waals surface area contributed by atoms with Gasteiger partial charge in [0.15, 0.2) is 5.69 Å². The van der Waals surface area contributed by atoms with Crippen molar-refractivity contribution >= 4 is 16.8 Å². The van der Waals surface area contributed by atoms with Gasteiger partial charge in [-0.15, -0.1) is 0 Å². The summed E-state index contributed by atoms with van der Waals surface area (Å²) in [6.45, 7) is 2.26. The molecule has 2 bridgehead atoms.